The third-order valence-electron chi connectivity index (χ3n) is 1.30. The first-order chi connectivity index (χ1) is 6.24. The summed E-state index contributed by atoms with van der Waals surface area (Å²) in [5, 5.41) is 17.4. The van der Waals surface area contributed by atoms with Crippen molar-refractivity contribution in [3.8, 4) is 11.8 Å². The summed E-state index contributed by atoms with van der Waals surface area (Å²) < 4.78 is 0.858. The van der Waals surface area contributed by atoms with Crippen LogP contribution >= 0.6 is 15.9 Å². The van der Waals surface area contributed by atoms with Crippen molar-refractivity contribution < 1.29 is 5.11 Å². The molecule has 0 aliphatic rings. The molecule has 0 spiro atoms. The average Bonchev–Trinajstić information content (AvgIpc) is 2.15. The summed E-state index contributed by atoms with van der Waals surface area (Å²) >= 11 is 3.27. The zero-order valence-corrected chi connectivity index (χ0v) is 9.30. The van der Waals surface area contributed by atoms with Crippen molar-refractivity contribution in [1.29, 1.82) is 5.26 Å². The van der Waals surface area contributed by atoms with Gasteiger partial charge in [0, 0.05) is 4.47 Å². The van der Waals surface area contributed by atoms with Crippen molar-refractivity contribution in [2.75, 3.05) is 0 Å². The number of hydrogen-bond donors (Lipinski definition) is 1. The van der Waals surface area contributed by atoms with E-state index in [1.807, 2.05) is 19.9 Å². The Balaban J connectivity index is 0.000000671. The zero-order chi connectivity index (χ0) is 10.3. The first-order valence-corrected chi connectivity index (χ1v) is 4.87. The van der Waals surface area contributed by atoms with Crippen LogP contribution in [0.15, 0.2) is 22.7 Å². The minimum absolute atomic E-state index is 0.193. The average molecular weight is 242 g/mol. The van der Waals surface area contributed by atoms with Crippen LogP contribution in [0.25, 0.3) is 0 Å². The molecule has 0 atom stereocenters. The summed E-state index contributed by atoms with van der Waals surface area (Å²) in [7, 11) is 0. The highest BCUT2D eigenvalue weighted by Crippen LogP contribution is 2.21. The Labute approximate surface area is 87.0 Å². The molecule has 3 heteroatoms. The van der Waals surface area contributed by atoms with Crippen molar-refractivity contribution in [1.82, 2.24) is 0 Å². The van der Waals surface area contributed by atoms with Crippen LogP contribution in [-0.4, -0.2) is 5.11 Å². The summed E-state index contributed by atoms with van der Waals surface area (Å²) in [4.78, 5) is 0. The van der Waals surface area contributed by atoms with Crippen LogP contribution in [-0.2, 0) is 6.42 Å². The van der Waals surface area contributed by atoms with E-state index in [0.717, 1.165) is 10.0 Å². The maximum atomic E-state index is 9.03. The van der Waals surface area contributed by atoms with E-state index in [2.05, 4.69) is 15.9 Å². The second kappa shape index (κ2) is 6.50. The molecule has 1 aromatic rings. The number of nitrogens with zero attached hydrogens (tertiary/aromatic N) is 1. The molecule has 0 unspecified atom stereocenters. The van der Waals surface area contributed by atoms with Gasteiger partial charge in [0.2, 0.25) is 0 Å². The Morgan fingerprint density at radius 3 is 2.62 bits per heavy atom. The Bertz CT molecular complexity index is 304. The van der Waals surface area contributed by atoms with Crippen LogP contribution in [0.1, 0.15) is 19.4 Å². The first kappa shape index (κ1) is 12.0. The summed E-state index contributed by atoms with van der Waals surface area (Å²) in [6.07, 6.45) is 0.314. The van der Waals surface area contributed by atoms with Gasteiger partial charge in [-0.25, -0.2) is 0 Å². The zero-order valence-electron chi connectivity index (χ0n) is 7.71. The van der Waals surface area contributed by atoms with E-state index in [1.165, 1.54) is 0 Å². The van der Waals surface area contributed by atoms with Gasteiger partial charge in [0.05, 0.1) is 12.5 Å². The van der Waals surface area contributed by atoms with Crippen LogP contribution in [0.5, 0.6) is 5.75 Å². The molecule has 2 nitrogen and oxygen atoms in total. The van der Waals surface area contributed by atoms with Crippen LogP contribution < -0.4 is 0 Å². The second-order valence-corrected chi connectivity index (χ2v) is 2.96. The van der Waals surface area contributed by atoms with E-state index in [1.54, 1.807) is 18.2 Å². The maximum Gasteiger partial charge on any atom is 0.115 e. The van der Waals surface area contributed by atoms with Crippen molar-refractivity contribution in [2.24, 2.45) is 0 Å². The maximum absolute atomic E-state index is 9.03. The fourth-order valence-electron chi connectivity index (χ4n) is 0.782. The normalized spacial score (nSPS) is 8.15. The number of benzene rings is 1. The molecule has 0 aliphatic heterocycles. The third kappa shape index (κ3) is 3.95. The second-order valence-electron chi connectivity index (χ2n) is 2.11. The highest BCUT2D eigenvalue weighted by Gasteiger charge is 1.99. The highest BCUT2D eigenvalue weighted by molar-refractivity contribution is 9.10. The summed E-state index contributed by atoms with van der Waals surface area (Å²) in [5.41, 5.74) is 0.813. The van der Waals surface area contributed by atoms with Gasteiger partial charge in [-0.3, -0.25) is 0 Å². The largest absolute Gasteiger partial charge is 0.508 e. The highest BCUT2D eigenvalue weighted by atomic mass is 79.9. The molecule has 13 heavy (non-hydrogen) atoms. The van der Waals surface area contributed by atoms with Gasteiger partial charge < -0.3 is 5.11 Å². The fourth-order valence-corrected chi connectivity index (χ4v) is 1.17. The molecular weight excluding hydrogens is 230 g/mol. The summed E-state index contributed by atoms with van der Waals surface area (Å²) in [6, 6.07) is 6.89. The lowest BCUT2D eigenvalue weighted by molar-refractivity contribution is 0.474. The Morgan fingerprint density at radius 1 is 1.46 bits per heavy atom. The molecule has 1 rings (SSSR count). The van der Waals surface area contributed by atoms with Gasteiger partial charge in [0.1, 0.15) is 5.75 Å². The number of nitriles is 1. The topological polar surface area (TPSA) is 44.0 Å². The van der Waals surface area contributed by atoms with E-state index in [0.29, 0.717) is 6.42 Å². The SMILES string of the molecule is CC.N#CCc1cc(O)ccc1Br. The molecule has 1 aromatic carbocycles. The van der Waals surface area contributed by atoms with Crippen LogP contribution in [0, 0.1) is 11.3 Å². The van der Waals surface area contributed by atoms with E-state index in [-0.39, 0.29) is 5.75 Å². The predicted octanol–water partition coefficient (Wildman–Crippen LogP) is 3.25. The van der Waals surface area contributed by atoms with Gasteiger partial charge >= 0.3 is 0 Å². The molecule has 0 amide bonds. The molecule has 0 bridgehead atoms. The van der Waals surface area contributed by atoms with Crippen molar-refractivity contribution in [3.63, 3.8) is 0 Å². The lowest BCUT2D eigenvalue weighted by atomic mass is 10.2. The summed E-state index contributed by atoms with van der Waals surface area (Å²) in [6.45, 7) is 4.00. The lowest BCUT2D eigenvalue weighted by Crippen LogP contribution is -1.82. The first-order valence-electron chi connectivity index (χ1n) is 4.08. The number of aromatic hydroxyl groups is 1. The molecule has 1 N–H and O–H groups in total. The lowest BCUT2D eigenvalue weighted by Gasteiger charge is -1.98. The molecular formula is C10H12BrNO. The predicted molar refractivity (Wildman–Crippen MR) is 56.5 cm³/mol. The van der Waals surface area contributed by atoms with Gasteiger partial charge in [-0.1, -0.05) is 29.8 Å². The molecule has 0 aromatic heterocycles. The van der Waals surface area contributed by atoms with Gasteiger partial charge in [0.15, 0.2) is 0 Å². The quantitative estimate of drug-likeness (QED) is 0.821. The summed E-state index contributed by atoms with van der Waals surface area (Å²) in [5.74, 6) is 0.193. The molecule has 0 aliphatic carbocycles. The van der Waals surface area contributed by atoms with Crippen LogP contribution in [0.3, 0.4) is 0 Å². The monoisotopic (exact) mass is 241 g/mol. The van der Waals surface area contributed by atoms with Crippen molar-refractivity contribution in [3.05, 3.63) is 28.2 Å². The van der Waals surface area contributed by atoms with Crippen LogP contribution in [0.2, 0.25) is 0 Å². The Hall–Kier alpha value is -1.01. The van der Waals surface area contributed by atoms with E-state index < -0.39 is 0 Å². The number of rotatable bonds is 1. The Morgan fingerprint density at radius 2 is 2.08 bits per heavy atom. The molecule has 0 saturated carbocycles. The third-order valence-corrected chi connectivity index (χ3v) is 2.07. The van der Waals surface area contributed by atoms with Crippen molar-refractivity contribution >= 4 is 15.9 Å². The smallest absolute Gasteiger partial charge is 0.115 e. The Kier molecular flexibility index (Phi) is 5.99. The molecule has 0 heterocycles. The number of phenolic OH excluding ortho intramolecular Hbond substituents is 1. The van der Waals surface area contributed by atoms with E-state index in [9.17, 15) is 0 Å². The van der Waals surface area contributed by atoms with Gasteiger partial charge in [-0.05, 0) is 23.8 Å². The van der Waals surface area contributed by atoms with Gasteiger partial charge in [-0.15, -0.1) is 0 Å². The van der Waals surface area contributed by atoms with Crippen LogP contribution in [0.4, 0.5) is 0 Å². The molecule has 0 saturated heterocycles. The van der Waals surface area contributed by atoms with E-state index >= 15 is 0 Å². The minimum atomic E-state index is 0.193. The number of halogens is 1. The fraction of sp³-hybridized carbons (Fsp3) is 0.300. The van der Waals surface area contributed by atoms with Gasteiger partial charge in [0.25, 0.3) is 0 Å². The van der Waals surface area contributed by atoms with Gasteiger partial charge in [-0.2, -0.15) is 5.26 Å². The number of hydrogen-bond acceptors (Lipinski definition) is 2. The minimum Gasteiger partial charge on any atom is -0.508 e. The van der Waals surface area contributed by atoms with E-state index in [4.69, 9.17) is 10.4 Å². The molecule has 0 radical (unpaired) electrons. The standard InChI is InChI=1S/C8H6BrNO.C2H6/c9-8-2-1-7(11)5-6(8)3-4-10;1-2/h1-2,5,11H,3H2;1-2H3. The van der Waals surface area contributed by atoms with Crippen molar-refractivity contribution in [2.45, 2.75) is 20.3 Å². The number of phenols is 1. The molecule has 70 valence electrons. The molecule has 0 fully saturated rings.